The first-order chi connectivity index (χ1) is 6.04. The molecule has 1 rings (SSSR count). The Hall–Kier alpha value is -1.13. The Morgan fingerprint density at radius 3 is 2.15 bits per heavy atom. The van der Waals surface area contributed by atoms with Crippen LogP contribution in [0.2, 0.25) is 0 Å². The fraction of sp³-hybridized carbons (Fsp3) is 0.111. The summed E-state index contributed by atoms with van der Waals surface area (Å²) in [6.45, 7) is 1.90. The summed E-state index contributed by atoms with van der Waals surface area (Å²) in [5.41, 5.74) is 0.954. The Bertz CT molecular complexity index is 404. The van der Waals surface area contributed by atoms with Crippen molar-refractivity contribution in [2.24, 2.45) is 5.14 Å². The number of nitrogens with two attached hydrogens (primary N) is 1. The molecule has 0 aromatic heterocycles. The smallest absolute Gasteiger partial charge is 0.225 e. The van der Waals surface area contributed by atoms with Gasteiger partial charge in [0.15, 0.2) is 0 Å². The Morgan fingerprint density at radius 1 is 1.23 bits per heavy atom. The zero-order valence-electron chi connectivity index (χ0n) is 7.27. The van der Waals surface area contributed by atoms with Crippen molar-refractivity contribution < 1.29 is 8.42 Å². The predicted molar refractivity (Wildman–Crippen MR) is 52.5 cm³/mol. The number of benzene rings is 1. The second kappa shape index (κ2) is 3.72. The van der Waals surface area contributed by atoms with Gasteiger partial charge in [-0.2, -0.15) is 0 Å². The highest BCUT2D eigenvalue weighted by molar-refractivity contribution is 7.89. The first kappa shape index (κ1) is 9.95. The molecule has 0 aliphatic heterocycles. The summed E-state index contributed by atoms with van der Waals surface area (Å²) in [5, 5.41) is 4.93. The molecule has 0 radical (unpaired) electrons. The first-order valence-electron chi connectivity index (χ1n) is 3.79. The van der Waals surface area contributed by atoms with Gasteiger partial charge in [0.1, 0.15) is 0 Å². The highest BCUT2D eigenvalue weighted by atomic mass is 32.2. The molecule has 4 heteroatoms. The van der Waals surface area contributed by atoms with Crippen LogP contribution in [0.25, 0.3) is 6.08 Å². The van der Waals surface area contributed by atoms with Gasteiger partial charge in [0.2, 0.25) is 10.0 Å². The summed E-state index contributed by atoms with van der Waals surface area (Å²) in [6.07, 6.45) is 3.76. The number of allylic oxidation sites excluding steroid dienone is 1. The van der Waals surface area contributed by atoms with Gasteiger partial charge in [0.05, 0.1) is 4.90 Å². The summed E-state index contributed by atoms with van der Waals surface area (Å²) in [7, 11) is -3.56. The molecule has 0 spiro atoms. The molecule has 0 heterocycles. The molecular formula is C9H11NO2S. The van der Waals surface area contributed by atoms with Crippen molar-refractivity contribution in [3.63, 3.8) is 0 Å². The third-order valence-corrected chi connectivity index (χ3v) is 2.50. The van der Waals surface area contributed by atoms with Gasteiger partial charge in [-0.25, -0.2) is 13.6 Å². The van der Waals surface area contributed by atoms with E-state index in [2.05, 4.69) is 0 Å². The number of hydrogen-bond acceptors (Lipinski definition) is 2. The fourth-order valence-corrected chi connectivity index (χ4v) is 1.48. The molecule has 1 aromatic carbocycles. The van der Waals surface area contributed by atoms with E-state index in [0.29, 0.717) is 0 Å². The predicted octanol–water partition coefficient (Wildman–Crippen LogP) is 1.37. The van der Waals surface area contributed by atoms with Crippen LogP contribution in [0.3, 0.4) is 0 Å². The lowest BCUT2D eigenvalue weighted by Gasteiger charge is -1.97. The lowest BCUT2D eigenvalue weighted by atomic mass is 10.2. The summed E-state index contributed by atoms with van der Waals surface area (Å²) in [6, 6.07) is 6.40. The van der Waals surface area contributed by atoms with Crippen molar-refractivity contribution >= 4 is 16.1 Å². The molecule has 70 valence electrons. The molecule has 2 N–H and O–H groups in total. The molecule has 0 atom stereocenters. The minimum atomic E-state index is -3.56. The topological polar surface area (TPSA) is 60.2 Å². The first-order valence-corrected chi connectivity index (χ1v) is 5.34. The zero-order chi connectivity index (χ0) is 9.90. The second-order valence-corrected chi connectivity index (χ2v) is 4.18. The number of sulfonamides is 1. The zero-order valence-corrected chi connectivity index (χ0v) is 8.08. The van der Waals surface area contributed by atoms with Gasteiger partial charge in [-0.1, -0.05) is 24.3 Å². The molecule has 0 saturated heterocycles. The van der Waals surface area contributed by atoms with Crippen molar-refractivity contribution in [1.82, 2.24) is 0 Å². The van der Waals surface area contributed by atoms with Crippen LogP contribution in [0.15, 0.2) is 35.2 Å². The van der Waals surface area contributed by atoms with E-state index < -0.39 is 10.0 Å². The molecule has 0 fully saturated rings. The summed E-state index contributed by atoms with van der Waals surface area (Å²) in [4.78, 5) is 0.140. The standard InChI is InChI=1S/C9H11NO2S/c1-2-3-8-4-6-9(7-5-8)13(10,11)12/h2-7H,1H3,(H2,10,11,12). The monoisotopic (exact) mass is 197 g/mol. The number of rotatable bonds is 2. The van der Waals surface area contributed by atoms with Gasteiger partial charge in [0.25, 0.3) is 0 Å². The van der Waals surface area contributed by atoms with Crippen LogP contribution >= 0.6 is 0 Å². The SMILES string of the molecule is CC=Cc1ccc(S(N)(=O)=O)cc1. The van der Waals surface area contributed by atoms with E-state index in [4.69, 9.17) is 5.14 Å². The van der Waals surface area contributed by atoms with Crippen molar-refractivity contribution in [2.45, 2.75) is 11.8 Å². The normalized spacial score (nSPS) is 12.2. The average Bonchev–Trinajstić information content (AvgIpc) is 2.04. The lowest BCUT2D eigenvalue weighted by molar-refractivity contribution is 0.598. The third kappa shape index (κ3) is 2.68. The van der Waals surface area contributed by atoms with Gasteiger partial charge in [-0.15, -0.1) is 0 Å². The molecular weight excluding hydrogens is 186 g/mol. The van der Waals surface area contributed by atoms with E-state index >= 15 is 0 Å². The van der Waals surface area contributed by atoms with Crippen LogP contribution in [0.5, 0.6) is 0 Å². The van der Waals surface area contributed by atoms with Gasteiger partial charge in [0, 0.05) is 0 Å². The lowest BCUT2D eigenvalue weighted by Crippen LogP contribution is -2.11. The maximum Gasteiger partial charge on any atom is 0.238 e. The van der Waals surface area contributed by atoms with Crippen LogP contribution in [0.4, 0.5) is 0 Å². The fourth-order valence-electron chi connectivity index (χ4n) is 0.961. The van der Waals surface area contributed by atoms with Gasteiger partial charge < -0.3 is 0 Å². The largest absolute Gasteiger partial charge is 0.238 e. The maximum atomic E-state index is 10.9. The molecule has 3 nitrogen and oxygen atoms in total. The van der Waals surface area contributed by atoms with Gasteiger partial charge >= 0.3 is 0 Å². The molecule has 1 aromatic rings. The van der Waals surface area contributed by atoms with Crippen molar-refractivity contribution in [3.8, 4) is 0 Å². The number of hydrogen-bond donors (Lipinski definition) is 1. The molecule has 0 bridgehead atoms. The Labute approximate surface area is 77.9 Å². The van der Waals surface area contributed by atoms with E-state index in [1.54, 1.807) is 12.1 Å². The molecule has 0 unspecified atom stereocenters. The second-order valence-electron chi connectivity index (χ2n) is 2.61. The summed E-state index contributed by atoms with van der Waals surface area (Å²) in [5.74, 6) is 0. The average molecular weight is 197 g/mol. The molecule has 0 aliphatic rings. The van der Waals surface area contributed by atoms with Gasteiger partial charge in [-0.05, 0) is 24.6 Å². The molecule has 13 heavy (non-hydrogen) atoms. The molecule has 0 aliphatic carbocycles. The third-order valence-electron chi connectivity index (χ3n) is 1.57. The number of primary sulfonamides is 1. The van der Waals surface area contributed by atoms with E-state index in [9.17, 15) is 8.42 Å². The van der Waals surface area contributed by atoms with Crippen LogP contribution in [0.1, 0.15) is 12.5 Å². The van der Waals surface area contributed by atoms with Crippen molar-refractivity contribution in [3.05, 3.63) is 35.9 Å². The van der Waals surface area contributed by atoms with Crippen LogP contribution in [-0.4, -0.2) is 8.42 Å². The van der Waals surface area contributed by atoms with E-state index in [1.807, 2.05) is 19.1 Å². The van der Waals surface area contributed by atoms with E-state index in [1.165, 1.54) is 12.1 Å². The van der Waals surface area contributed by atoms with Crippen molar-refractivity contribution in [2.75, 3.05) is 0 Å². The van der Waals surface area contributed by atoms with Crippen LogP contribution in [-0.2, 0) is 10.0 Å². The highest BCUT2D eigenvalue weighted by Crippen LogP contribution is 2.09. The minimum Gasteiger partial charge on any atom is -0.225 e. The Kier molecular flexibility index (Phi) is 2.85. The Balaban J connectivity index is 3.08. The maximum absolute atomic E-state index is 10.9. The molecule has 0 amide bonds. The van der Waals surface area contributed by atoms with E-state index in [0.717, 1.165) is 5.56 Å². The van der Waals surface area contributed by atoms with Crippen molar-refractivity contribution in [1.29, 1.82) is 0 Å². The van der Waals surface area contributed by atoms with E-state index in [-0.39, 0.29) is 4.90 Å². The van der Waals surface area contributed by atoms with Gasteiger partial charge in [-0.3, -0.25) is 0 Å². The highest BCUT2D eigenvalue weighted by Gasteiger charge is 2.05. The van der Waals surface area contributed by atoms with Crippen LogP contribution in [0, 0.1) is 0 Å². The quantitative estimate of drug-likeness (QED) is 0.778. The van der Waals surface area contributed by atoms with Crippen LogP contribution < -0.4 is 5.14 Å². The Morgan fingerprint density at radius 2 is 1.77 bits per heavy atom. The minimum absolute atomic E-state index is 0.140. The summed E-state index contributed by atoms with van der Waals surface area (Å²) >= 11 is 0. The molecule has 0 saturated carbocycles. The summed E-state index contributed by atoms with van der Waals surface area (Å²) < 4.78 is 21.7.